The molecule has 0 saturated heterocycles. The second-order valence-corrected chi connectivity index (χ2v) is 24.1. The number of nitrogens with zero attached hydrogens (tertiary/aromatic N) is 4. The van der Waals surface area contributed by atoms with Crippen LogP contribution in [0.4, 0.5) is 0 Å². The summed E-state index contributed by atoms with van der Waals surface area (Å²) in [6, 6.07) is 28.8. The Morgan fingerprint density at radius 3 is 1.11 bits per heavy atom. The van der Waals surface area contributed by atoms with Crippen LogP contribution < -0.4 is 0 Å². The zero-order valence-electron chi connectivity index (χ0n) is 45.2. The monoisotopic (exact) mass is 947 g/mol. The fourth-order valence-electron chi connectivity index (χ4n) is 9.23. The summed E-state index contributed by atoms with van der Waals surface area (Å²) in [5, 5.41) is 51.2. The van der Waals surface area contributed by atoms with Gasteiger partial charge in [0.2, 0.25) is 0 Å². The van der Waals surface area contributed by atoms with Crippen LogP contribution in [-0.2, 0) is 34.7 Å². The quantitative estimate of drug-likeness (QED) is 0.0763. The summed E-state index contributed by atoms with van der Waals surface area (Å²) in [6.45, 7) is 38.2. The topological polar surface area (TPSA) is 112 Å². The first-order valence-electron chi connectivity index (χ1n) is 25.3. The van der Waals surface area contributed by atoms with Gasteiger partial charge < -0.3 is 20.4 Å². The van der Waals surface area contributed by atoms with Crippen LogP contribution in [0.5, 0.6) is 23.0 Å². The van der Waals surface area contributed by atoms with Crippen molar-refractivity contribution in [2.75, 3.05) is 26.2 Å². The maximum absolute atomic E-state index is 12.3. The third kappa shape index (κ3) is 12.2. The fourth-order valence-corrected chi connectivity index (χ4v) is 9.23. The highest BCUT2D eigenvalue weighted by Crippen LogP contribution is 2.47. The molecule has 0 heterocycles. The van der Waals surface area contributed by atoms with Crippen LogP contribution in [0, 0.1) is 0 Å². The summed E-state index contributed by atoms with van der Waals surface area (Å²) >= 11 is 0. The number of fused-ring (bicyclic) bond motifs is 2. The normalized spacial score (nSPS) is 13.3. The summed E-state index contributed by atoms with van der Waals surface area (Å²) in [4.78, 5) is 14.4. The predicted molar refractivity (Wildman–Crippen MR) is 297 cm³/mol. The van der Waals surface area contributed by atoms with Crippen LogP contribution in [0.15, 0.2) is 94.9 Å². The highest BCUT2D eigenvalue weighted by atomic mass is 16.3. The third-order valence-electron chi connectivity index (χ3n) is 13.8. The van der Waals surface area contributed by atoms with Crippen LogP contribution >= 0.6 is 0 Å². The van der Waals surface area contributed by atoms with E-state index in [9.17, 15) is 20.4 Å². The first-order valence-corrected chi connectivity index (χ1v) is 25.3. The van der Waals surface area contributed by atoms with Crippen molar-refractivity contribution in [3.8, 4) is 34.1 Å². The van der Waals surface area contributed by atoms with Gasteiger partial charge in [0.1, 0.15) is 23.0 Å². The fraction of sp³-hybridized carbons (Fsp3) is 0.452. The Bertz CT molecular complexity index is 2680. The summed E-state index contributed by atoms with van der Waals surface area (Å²) in [5.41, 5.74) is 7.74. The largest absolute Gasteiger partial charge is 0.507 e. The van der Waals surface area contributed by atoms with Crippen molar-refractivity contribution in [3.63, 3.8) is 0 Å². The molecule has 0 aromatic heterocycles. The lowest BCUT2D eigenvalue weighted by atomic mass is 9.79. The molecule has 0 aliphatic rings. The molecule has 8 nitrogen and oxygen atoms in total. The van der Waals surface area contributed by atoms with Crippen LogP contribution in [-0.4, -0.2) is 80.9 Å². The SMILES string of the molecule is CC(C)N(CCN=Cc1cc2ccccc2c(-c2c(O)c(C=NCCN(Cc3cc(C(C)(C)C)cc(C(C)(C)C)c3O)C(C)C)cc3ccccc23)c1O)Cc1cc(C(C)(C)C)cc(C(C)(C)C)c1O. The minimum absolute atomic E-state index is 0.0392. The van der Waals surface area contributed by atoms with Gasteiger partial charge in [0.25, 0.3) is 0 Å². The van der Waals surface area contributed by atoms with Gasteiger partial charge >= 0.3 is 0 Å². The number of hydrogen-bond donors (Lipinski definition) is 4. The van der Waals surface area contributed by atoms with E-state index in [1.165, 1.54) is 11.1 Å². The van der Waals surface area contributed by atoms with Crippen molar-refractivity contribution < 1.29 is 20.4 Å². The molecule has 0 radical (unpaired) electrons. The number of phenolic OH excluding ortho intramolecular Hbond substituents is 4. The van der Waals surface area contributed by atoms with Gasteiger partial charge in [0.15, 0.2) is 0 Å². The second kappa shape index (κ2) is 20.9. The Morgan fingerprint density at radius 1 is 0.457 bits per heavy atom. The van der Waals surface area contributed by atoms with E-state index in [1.54, 1.807) is 12.4 Å². The maximum atomic E-state index is 12.3. The number of phenols is 4. The molecule has 0 saturated carbocycles. The van der Waals surface area contributed by atoms with E-state index in [1.807, 2.05) is 60.7 Å². The molecule has 8 heteroatoms. The average molecular weight is 947 g/mol. The van der Waals surface area contributed by atoms with Crippen molar-refractivity contribution in [2.24, 2.45) is 9.98 Å². The molecule has 6 aromatic rings. The smallest absolute Gasteiger partial charge is 0.132 e. The Balaban J connectivity index is 1.30. The maximum Gasteiger partial charge on any atom is 0.132 e. The van der Waals surface area contributed by atoms with Gasteiger partial charge in [0, 0.05) is 84.1 Å². The van der Waals surface area contributed by atoms with Crippen LogP contribution in [0.3, 0.4) is 0 Å². The number of aromatic hydroxyl groups is 4. The first kappa shape index (κ1) is 53.6. The van der Waals surface area contributed by atoms with E-state index < -0.39 is 0 Å². The molecule has 0 aliphatic carbocycles. The van der Waals surface area contributed by atoms with E-state index in [4.69, 9.17) is 9.98 Å². The van der Waals surface area contributed by atoms with E-state index in [2.05, 4.69) is 145 Å². The highest BCUT2D eigenvalue weighted by molar-refractivity contribution is 6.14. The molecule has 6 aromatic carbocycles. The van der Waals surface area contributed by atoms with E-state index >= 15 is 0 Å². The van der Waals surface area contributed by atoms with Crippen molar-refractivity contribution in [1.29, 1.82) is 0 Å². The zero-order chi connectivity index (χ0) is 51.7. The zero-order valence-corrected chi connectivity index (χ0v) is 45.2. The van der Waals surface area contributed by atoms with Crippen LogP contribution in [0.1, 0.15) is 155 Å². The molecule has 0 amide bonds. The molecule has 0 unspecified atom stereocenters. The molecule has 0 spiro atoms. The minimum Gasteiger partial charge on any atom is -0.507 e. The Kier molecular flexibility index (Phi) is 16.1. The number of benzene rings is 6. The summed E-state index contributed by atoms with van der Waals surface area (Å²) in [5.74, 6) is 0.796. The number of hydrogen-bond acceptors (Lipinski definition) is 8. The Labute approximate surface area is 419 Å². The molecular formula is C62H82N4O4. The standard InChI is InChI=1S/C62H82N4O4/c1-39(2)65(37-45-31-47(59(5,6)7)33-51(55(45)67)61(11,12)13)27-25-63-35-43-29-41-21-17-19-23-49(41)53(57(43)69)54-50-24-20-18-22-42(50)30-44(58(54)70)36-64-26-28-66(40(3)4)38-46-32-48(60(8,9)10)34-52(56(46)68)62(14,15)16/h17-24,29-36,39-40,67-70H,25-28,37-38H2,1-16H3. The summed E-state index contributed by atoms with van der Waals surface area (Å²) in [7, 11) is 0. The molecule has 0 atom stereocenters. The van der Waals surface area contributed by atoms with Crippen molar-refractivity contribution in [1.82, 2.24) is 9.80 Å². The molecule has 0 bridgehead atoms. The second-order valence-electron chi connectivity index (χ2n) is 24.1. The average Bonchev–Trinajstić information content (AvgIpc) is 3.25. The predicted octanol–water partition coefficient (Wildman–Crippen LogP) is 14.3. The Morgan fingerprint density at radius 2 is 0.800 bits per heavy atom. The van der Waals surface area contributed by atoms with Gasteiger partial charge in [-0.3, -0.25) is 19.8 Å². The molecule has 0 fully saturated rings. The molecule has 70 heavy (non-hydrogen) atoms. The highest BCUT2D eigenvalue weighted by Gasteiger charge is 2.28. The van der Waals surface area contributed by atoms with Crippen LogP contribution in [0.25, 0.3) is 32.7 Å². The third-order valence-corrected chi connectivity index (χ3v) is 13.8. The lowest BCUT2D eigenvalue weighted by Gasteiger charge is -2.30. The summed E-state index contributed by atoms with van der Waals surface area (Å²) in [6.07, 6.45) is 3.49. The van der Waals surface area contributed by atoms with Crippen LogP contribution in [0.2, 0.25) is 0 Å². The van der Waals surface area contributed by atoms with Gasteiger partial charge in [-0.15, -0.1) is 0 Å². The van der Waals surface area contributed by atoms with E-state index in [0.29, 0.717) is 73.0 Å². The molecule has 4 N–H and O–H groups in total. The minimum atomic E-state index is -0.216. The van der Waals surface area contributed by atoms with Gasteiger partial charge in [-0.25, -0.2) is 0 Å². The summed E-state index contributed by atoms with van der Waals surface area (Å²) < 4.78 is 0. The van der Waals surface area contributed by atoms with E-state index in [-0.39, 0.29) is 45.2 Å². The van der Waals surface area contributed by atoms with Crippen molar-refractivity contribution >= 4 is 34.0 Å². The lowest BCUT2D eigenvalue weighted by molar-refractivity contribution is 0.216. The molecular weight excluding hydrogens is 865 g/mol. The number of aliphatic imine (C=N–C) groups is 2. The molecule has 0 aliphatic heterocycles. The van der Waals surface area contributed by atoms with Crippen molar-refractivity contribution in [3.05, 3.63) is 129 Å². The van der Waals surface area contributed by atoms with E-state index in [0.717, 1.165) is 43.8 Å². The van der Waals surface area contributed by atoms with Gasteiger partial charge in [0.05, 0.1) is 13.1 Å². The molecule has 374 valence electrons. The van der Waals surface area contributed by atoms with Crippen molar-refractivity contribution in [2.45, 2.75) is 158 Å². The van der Waals surface area contributed by atoms with Gasteiger partial charge in [-0.05, 0) is 105 Å². The van der Waals surface area contributed by atoms with Gasteiger partial charge in [-0.2, -0.15) is 0 Å². The first-order chi connectivity index (χ1) is 32.6. The Hall–Kier alpha value is -5.70. The number of rotatable bonds is 15. The van der Waals surface area contributed by atoms with Gasteiger partial charge in [-0.1, -0.05) is 156 Å². The molecule has 6 rings (SSSR count). The lowest BCUT2D eigenvalue weighted by Crippen LogP contribution is -2.33.